The van der Waals surface area contributed by atoms with Crippen LogP contribution in [0.3, 0.4) is 0 Å². The van der Waals surface area contributed by atoms with Gasteiger partial charge >= 0.3 is 6.01 Å². The lowest BCUT2D eigenvalue weighted by atomic mass is 9.80. The van der Waals surface area contributed by atoms with Gasteiger partial charge in [-0.25, -0.2) is 26.7 Å². The number of alkyl halides is 1. The van der Waals surface area contributed by atoms with Crippen molar-refractivity contribution in [3.05, 3.63) is 53.4 Å². The first-order valence-corrected chi connectivity index (χ1v) is 18.0. The van der Waals surface area contributed by atoms with E-state index in [2.05, 4.69) is 14.9 Å². The highest BCUT2D eigenvalue weighted by Gasteiger charge is 2.49. The number of nitrogens with zero attached hydrogens (tertiary/aromatic N) is 4. The number of fused-ring (bicyclic) bond motifs is 3. The van der Waals surface area contributed by atoms with Crippen LogP contribution in [0.25, 0.3) is 32.9 Å². The van der Waals surface area contributed by atoms with Crippen molar-refractivity contribution in [3.8, 4) is 23.0 Å². The number of aryl methyl sites for hydroxylation is 1. The number of phenols is 1. The van der Waals surface area contributed by atoms with Crippen molar-refractivity contribution < 1.29 is 31.4 Å². The normalized spacial score (nSPS) is 25.1. The van der Waals surface area contributed by atoms with Crippen molar-refractivity contribution in [2.75, 3.05) is 25.4 Å². The Morgan fingerprint density at radius 3 is 2.79 bits per heavy atom. The molecule has 4 heterocycles. The first kappa shape index (κ1) is 32.0. The summed E-state index contributed by atoms with van der Waals surface area (Å²) in [6, 6.07) is 5.68. The van der Waals surface area contributed by atoms with Crippen LogP contribution >= 0.6 is 0 Å². The molecule has 1 aliphatic carbocycles. The van der Waals surface area contributed by atoms with Crippen molar-refractivity contribution in [2.45, 2.75) is 75.9 Å². The van der Waals surface area contributed by atoms with E-state index in [0.29, 0.717) is 66.1 Å². The maximum atomic E-state index is 16.8. The van der Waals surface area contributed by atoms with E-state index in [0.717, 1.165) is 25.8 Å². The summed E-state index contributed by atoms with van der Waals surface area (Å²) < 4.78 is 76.4. The number of hydrogen-bond donors (Lipinski definition) is 2. The minimum Gasteiger partial charge on any atom is -0.508 e. The molecule has 0 amide bonds. The summed E-state index contributed by atoms with van der Waals surface area (Å²) in [7, 11) is -3.70. The van der Waals surface area contributed by atoms with Crippen LogP contribution in [0.5, 0.6) is 11.8 Å². The van der Waals surface area contributed by atoms with Gasteiger partial charge in [0.1, 0.15) is 35.6 Å². The summed E-state index contributed by atoms with van der Waals surface area (Å²) in [4.78, 5) is 15.9. The molecule has 3 aliphatic rings. The molecule has 1 saturated carbocycles. The van der Waals surface area contributed by atoms with E-state index >= 15 is 4.39 Å². The molecule has 2 aromatic heterocycles. The van der Waals surface area contributed by atoms with Crippen LogP contribution in [0.2, 0.25) is 0 Å². The molecule has 0 bridgehead atoms. The van der Waals surface area contributed by atoms with Crippen LogP contribution in [0, 0.1) is 17.6 Å². The zero-order chi connectivity index (χ0) is 33.1. The third kappa shape index (κ3) is 6.02. The van der Waals surface area contributed by atoms with E-state index in [1.165, 1.54) is 30.5 Å². The van der Waals surface area contributed by atoms with Gasteiger partial charge in [0, 0.05) is 36.0 Å². The average molecular weight is 670 g/mol. The molecule has 7 rings (SSSR count). The molecule has 3 fully saturated rings. The second-order valence-corrected chi connectivity index (χ2v) is 15.1. The molecule has 2 aliphatic heterocycles. The number of nitrogens with two attached hydrogens (primary N) is 1. The number of pyridine rings is 1. The first-order valence-electron chi connectivity index (χ1n) is 16.3. The number of rotatable bonds is 8. The van der Waals surface area contributed by atoms with Gasteiger partial charge in [-0.15, -0.1) is 0 Å². The third-order valence-electron chi connectivity index (χ3n) is 10.3. The number of halogens is 3. The molecule has 4 atom stereocenters. The Labute approximate surface area is 271 Å². The molecule has 3 N–H and O–H groups in total. The number of primary sulfonamides is 1. The first-order chi connectivity index (χ1) is 22.4. The molecule has 0 radical (unpaired) electrons. The van der Waals surface area contributed by atoms with Gasteiger partial charge in [0.25, 0.3) is 0 Å². The van der Waals surface area contributed by atoms with Crippen molar-refractivity contribution >= 4 is 31.7 Å². The largest absolute Gasteiger partial charge is 0.508 e. The third-order valence-corrected chi connectivity index (χ3v) is 11.3. The van der Waals surface area contributed by atoms with Gasteiger partial charge in [0.05, 0.1) is 17.0 Å². The Kier molecular flexibility index (Phi) is 8.28. The molecule has 0 spiro atoms. The van der Waals surface area contributed by atoms with Crippen molar-refractivity contribution in [1.29, 1.82) is 0 Å². The number of phenolic OH excluding ortho intramolecular Hbond substituents is 1. The van der Waals surface area contributed by atoms with Gasteiger partial charge in [-0.2, -0.15) is 9.97 Å². The summed E-state index contributed by atoms with van der Waals surface area (Å²) in [5, 5.41) is 17.3. The number of ether oxygens (including phenoxy) is 1. The predicted molar refractivity (Wildman–Crippen MR) is 172 cm³/mol. The number of sulfonamides is 1. The fourth-order valence-electron chi connectivity index (χ4n) is 8.32. The summed E-state index contributed by atoms with van der Waals surface area (Å²) in [6.45, 7) is 3.08. The fraction of sp³-hybridized carbons (Fsp3) is 0.500. The van der Waals surface area contributed by atoms with Crippen LogP contribution in [0.4, 0.5) is 13.2 Å². The Hall–Kier alpha value is -3.55. The van der Waals surface area contributed by atoms with E-state index < -0.39 is 33.4 Å². The number of aromatic nitrogens is 3. The molecule has 2 aromatic carbocycles. The zero-order valence-corrected chi connectivity index (χ0v) is 27.0. The van der Waals surface area contributed by atoms with Crippen molar-refractivity contribution in [2.24, 2.45) is 11.1 Å². The number of aromatic hydroxyl groups is 1. The second kappa shape index (κ2) is 12.2. The van der Waals surface area contributed by atoms with Crippen molar-refractivity contribution in [3.63, 3.8) is 0 Å². The molecule has 9 nitrogen and oxygen atoms in total. The highest BCUT2D eigenvalue weighted by atomic mass is 32.2. The van der Waals surface area contributed by atoms with Crippen LogP contribution in [-0.2, 0) is 16.4 Å². The highest BCUT2D eigenvalue weighted by Crippen LogP contribution is 2.43. The Morgan fingerprint density at radius 1 is 1.17 bits per heavy atom. The lowest BCUT2D eigenvalue weighted by Gasteiger charge is -2.31. The second-order valence-electron chi connectivity index (χ2n) is 13.5. The molecule has 4 aromatic rings. The minimum absolute atomic E-state index is 0.0508. The average Bonchev–Trinajstić information content (AvgIpc) is 3.55. The highest BCUT2D eigenvalue weighted by molar-refractivity contribution is 7.89. The van der Waals surface area contributed by atoms with Crippen LogP contribution in [-0.4, -0.2) is 70.5 Å². The van der Waals surface area contributed by atoms with Gasteiger partial charge in [0.15, 0.2) is 5.82 Å². The molecule has 47 heavy (non-hydrogen) atoms. The molecular formula is C34H38F3N5O4S. The number of benzene rings is 2. The molecule has 2 unspecified atom stereocenters. The van der Waals surface area contributed by atoms with Gasteiger partial charge in [-0.05, 0) is 85.5 Å². The van der Waals surface area contributed by atoms with E-state index in [4.69, 9.17) is 14.9 Å². The quantitative estimate of drug-likeness (QED) is 0.237. The van der Waals surface area contributed by atoms with E-state index in [1.807, 2.05) is 0 Å². The van der Waals surface area contributed by atoms with Crippen LogP contribution < -0.4 is 9.88 Å². The SMILES string of the molecule is CCc1c(F)ccc2cc(O)cc(-c3ncc4c(C5CCCC(CS(N)(=O)=O)C5)nc(OC[C@@]56CCCN5C[C@H](F)C6)nc4c3F)c12. The minimum atomic E-state index is -3.70. The monoisotopic (exact) mass is 669 g/mol. The zero-order valence-electron chi connectivity index (χ0n) is 26.2. The summed E-state index contributed by atoms with van der Waals surface area (Å²) in [5.74, 6) is -1.93. The summed E-state index contributed by atoms with van der Waals surface area (Å²) >= 11 is 0. The van der Waals surface area contributed by atoms with Gasteiger partial charge < -0.3 is 9.84 Å². The Bertz CT molecular complexity index is 1980. The van der Waals surface area contributed by atoms with Crippen molar-refractivity contribution in [1.82, 2.24) is 19.9 Å². The lowest BCUT2D eigenvalue weighted by molar-refractivity contribution is 0.107. The predicted octanol–water partition coefficient (Wildman–Crippen LogP) is 5.91. The molecule has 13 heteroatoms. The summed E-state index contributed by atoms with van der Waals surface area (Å²) in [6.07, 6.45) is 5.50. The maximum Gasteiger partial charge on any atom is 0.317 e. The van der Waals surface area contributed by atoms with E-state index in [-0.39, 0.29) is 52.7 Å². The topological polar surface area (TPSA) is 132 Å². The Balaban J connectivity index is 1.36. The van der Waals surface area contributed by atoms with E-state index in [1.54, 1.807) is 6.92 Å². The van der Waals surface area contributed by atoms with E-state index in [9.17, 15) is 22.3 Å². The van der Waals surface area contributed by atoms with Crippen LogP contribution in [0.1, 0.15) is 69.0 Å². The maximum absolute atomic E-state index is 16.8. The van der Waals surface area contributed by atoms with Gasteiger partial charge in [0.2, 0.25) is 10.0 Å². The lowest BCUT2D eigenvalue weighted by Crippen LogP contribution is -2.43. The smallest absolute Gasteiger partial charge is 0.317 e. The van der Waals surface area contributed by atoms with Gasteiger partial charge in [-0.3, -0.25) is 9.88 Å². The molecular weight excluding hydrogens is 631 g/mol. The van der Waals surface area contributed by atoms with Gasteiger partial charge in [-0.1, -0.05) is 19.4 Å². The summed E-state index contributed by atoms with van der Waals surface area (Å²) in [5.41, 5.74) is 0.458. The number of hydrogen-bond acceptors (Lipinski definition) is 8. The molecule has 250 valence electrons. The van der Waals surface area contributed by atoms with Crippen LogP contribution in [0.15, 0.2) is 30.5 Å². The standard InChI is InChI=1S/C34H38F3N5O4S/c1-2-24-27(36)8-7-20-12-23(43)13-25(28(20)24)31-29(37)32-26(15-39-31)30(21-6-3-5-19(11-21)17-47(38,44)45)40-33(41-32)46-18-34-9-4-10-42(34)16-22(35)14-34/h7-8,12-13,15,19,21-22,43H,2-6,9-11,14,16-18H2,1H3,(H2,38,44,45)/t19?,21?,22-,34+/m1/s1. The fourth-order valence-corrected chi connectivity index (χ4v) is 9.28. The Morgan fingerprint density at radius 2 is 2.00 bits per heavy atom. The molecule has 2 saturated heterocycles.